The summed E-state index contributed by atoms with van der Waals surface area (Å²) in [6, 6.07) is 70.2. The van der Waals surface area contributed by atoms with E-state index in [1.54, 1.807) is 0 Å². The highest BCUT2D eigenvalue weighted by molar-refractivity contribution is 6.01. The monoisotopic (exact) mass is 676 g/mol. The van der Waals surface area contributed by atoms with E-state index < -0.39 is 5.41 Å². The zero-order chi connectivity index (χ0) is 35.1. The lowest BCUT2D eigenvalue weighted by Gasteiger charge is -2.53. The zero-order valence-corrected chi connectivity index (χ0v) is 29.5. The van der Waals surface area contributed by atoms with Crippen LogP contribution in [0.4, 0.5) is 28.4 Å². The van der Waals surface area contributed by atoms with E-state index in [0.29, 0.717) is 0 Å². The fraction of sp³-hybridized carbons (Fsp3) is 0.0588. The number of aryl methyl sites for hydroxylation is 1. The first kappa shape index (κ1) is 30.0. The Labute approximate surface area is 310 Å². The van der Waals surface area contributed by atoms with Crippen LogP contribution >= 0.6 is 0 Å². The van der Waals surface area contributed by atoms with E-state index in [-0.39, 0.29) is 0 Å². The van der Waals surface area contributed by atoms with Gasteiger partial charge in [0.25, 0.3) is 0 Å². The highest BCUT2D eigenvalue weighted by atomic mass is 15.2. The lowest BCUT2D eigenvalue weighted by atomic mass is 9.58. The molecule has 11 rings (SSSR count). The maximum absolute atomic E-state index is 2.61. The van der Waals surface area contributed by atoms with Crippen molar-refractivity contribution in [3.05, 3.63) is 221 Å². The molecule has 0 radical (unpaired) electrons. The van der Waals surface area contributed by atoms with E-state index in [0.717, 1.165) is 12.2 Å². The average Bonchev–Trinajstić information content (AvgIpc) is 3.23. The lowest BCUT2D eigenvalue weighted by molar-refractivity contribution is 0.704. The molecule has 3 aliphatic rings. The summed E-state index contributed by atoms with van der Waals surface area (Å²) < 4.78 is 0. The van der Waals surface area contributed by atoms with Gasteiger partial charge in [0.2, 0.25) is 0 Å². The Morgan fingerprint density at radius 1 is 0.415 bits per heavy atom. The Balaban J connectivity index is 1.33. The highest BCUT2D eigenvalue weighted by Crippen LogP contribution is 2.66. The summed E-state index contributed by atoms with van der Waals surface area (Å²) in [7, 11) is 0. The number of hydrogen-bond donors (Lipinski definition) is 0. The first-order chi connectivity index (χ1) is 26.2. The number of rotatable bonds is 3. The van der Waals surface area contributed by atoms with Crippen LogP contribution in [0.15, 0.2) is 188 Å². The Morgan fingerprint density at radius 3 is 1.70 bits per heavy atom. The van der Waals surface area contributed by atoms with Crippen molar-refractivity contribution >= 4 is 28.4 Å². The first-order valence-electron chi connectivity index (χ1n) is 18.6. The molecule has 0 aromatic heterocycles. The van der Waals surface area contributed by atoms with Crippen LogP contribution in [-0.2, 0) is 12.0 Å². The van der Waals surface area contributed by atoms with Crippen LogP contribution in [0.1, 0.15) is 33.4 Å². The first-order valence-corrected chi connectivity index (χ1v) is 18.6. The molecular formula is C51H36N2. The van der Waals surface area contributed by atoms with Gasteiger partial charge in [-0.2, -0.15) is 0 Å². The molecule has 250 valence electrons. The van der Waals surface area contributed by atoms with Gasteiger partial charge < -0.3 is 9.80 Å². The van der Waals surface area contributed by atoms with Crippen LogP contribution in [0, 0.1) is 6.92 Å². The van der Waals surface area contributed by atoms with Gasteiger partial charge in [-0.05, 0) is 111 Å². The molecule has 0 saturated carbocycles. The van der Waals surface area contributed by atoms with Crippen LogP contribution in [0.25, 0.3) is 33.4 Å². The van der Waals surface area contributed by atoms with E-state index in [1.807, 2.05) is 0 Å². The van der Waals surface area contributed by atoms with Crippen LogP contribution in [0.2, 0.25) is 0 Å². The smallest absolute Gasteiger partial charge is 0.0783 e. The Morgan fingerprint density at radius 2 is 1.00 bits per heavy atom. The molecule has 0 amide bonds. The molecule has 3 aliphatic heterocycles. The minimum atomic E-state index is -0.619. The molecular weight excluding hydrogens is 641 g/mol. The normalized spacial score (nSPS) is 14.1. The Hall–Kier alpha value is -6.64. The second-order valence-electron chi connectivity index (χ2n) is 14.6. The third-order valence-electron chi connectivity index (χ3n) is 11.7. The molecule has 0 N–H and O–H groups in total. The number of benzene rings is 8. The van der Waals surface area contributed by atoms with Crippen molar-refractivity contribution in [3.63, 3.8) is 0 Å². The molecule has 0 bridgehead atoms. The topological polar surface area (TPSA) is 6.48 Å². The number of para-hydroxylation sites is 2. The molecule has 0 saturated heterocycles. The molecule has 1 spiro atoms. The van der Waals surface area contributed by atoms with Crippen molar-refractivity contribution in [2.45, 2.75) is 18.9 Å². The standard InChI is InChI=1S/C51H36N2/c1-34-24-27-40(28-25-34)53-48-22-12-10-20-43(48)51(44-21-11-13-23-49(44)53)45-31-37(35-14-4-2-5-15-35)26-29-47(45)52-33-38-18-8-9-19-41(38)42-30-39(32-46(51)50(42)52)36-16-6-3-7-17-36/h2-32H,33H2,1H3. The van der Waals surface area contributed by atoms with E-state index >= 15 is 0 Å². The molecule has 2 heteroatoms. The van der Waals surface area contributed by atoms with Crippen molar-refractivity contribution in [2.24, 2.45) is 0 Å². The predicted molar refractivity (Wildman–Crippen MR) is 220 cm³/mol. The van der Waals surface area contributed by atoms with Gasteiger partial charge >= 0.3 is 0 Å². The predicted octanol–water partition coefficient (Wildman–Crippen LogP) is 13.1. The maximum Gasteiger partial charge on any atom is 0.0783 e. The van der Waals surface area contributed by atoms with Crippen LogP contribution in [0.3, 0.4) is 0 Å². The largest absolute Gasteiger partial charge is 0.336 e. The van der Waals surface area contributed by atoms with Crippen LogP contribution in [-0.4, -0.2) is 0 Å². The quantitative estimate of drug-likeness (QED) is 0.184. The van der Waals surface area contributed by atoms with Gasteiger partial charge in [0.05, 0.1) is 22.5 Å². The summed E-state index contributed by atoms with van der Waals surface area (Å²) in [5.41, 5.74) is 20.8. The molecule has 0 fully saturated rings. The van der Waals surface area contributed by atoms with Gasteiger partial charge in [0, 0.05) is 23.5 Å². The van der Waals surface area contributed by atoms with Crippen molar-refractivity contribution in [1.29, 1.82) is 0 Å². The third kappa shape index (κ3) is 4.27. The lowest BCUT2D eigenvalue weighted by Crippen LogP contribution is -2.43. The van der Waals surface area contributed by atoms with Crippen molar-refractivity contribution < 1.29 is 0 Å². The molecule has 8 aromatic rings. The van der Waals surface area contributed by atoms with Crippen LogP contribution < -0.4 is 9.80 Å². The molecule has 0 unspecified atom stereocenters. The van der Waals surface area contributed by atoms with Gasteiger partial charge in [0.15, 0.2) is 0 Å². The third-order valence-corrected chi connectivity index (χ3v) is 11.7. The van der Waals surface area contributed by atoms with Gasteiger partial charge in [-0.25, -0.2) is 0 Å². The maximum atomic E-state index is 2.61. The van der Waals surface area contributed by atoms with Gasteiger partial charge in [0.1, 0.15) is 0 Å². The summed E-state index contributed by atoms with van der Waals surface area (Å²) in [4.78, 5) is 5.08. The molecule has 53 heavy (non-hydrogen) atoms. The van der Waals surface area contributed by atoms with E-state index in [9.17, 15) is 0 Å². The summed E-state index contributed by atoms with van der Waals surface area (Å²) in [5.74, 6) is 0. The number of hydrogen-bond acceptors (Lipinski definition) is 2. The minimum Gasteiger partial charge on any atom is -0.336 e. The van der Waals surface area contributed by atoms with E-state index in [4.69, 9.17) is 0 Å². The van der Waals surface area contributed by atoms with Gasteiger partial charge in [-0.1, -0.05) is 145 Å². The average molecular weight is 677 g/mol. The van der Waals surface area contributed by atoms with Crippen molar-refractivity contribution in [1.82, 2.24) is 0 Å². The highest BCUT2D eigenvalue weighted by Gasteiger charge is 2.53. The summed E-state index contributed by atoms with van der Waals surface area (Å²) >= 11 is 0. The molecule has 0 aliphatic carbocycles. The fourth-order valence-electron chi connectivity index (χ4n) is 9.42. The summed E-state index contributed by atoms with van der Waals surface area (Å²) in [6.45, 7) is 2.97. The van der Waals surface area contributed by atoms with Gasteiger partial charge in [-0.3, -0.25) is 0 Å². The zero-order valence-electron chi connectivity index (χ0n) is 29.5. The summed E-state index contributed by atoms with van der Waals surface area (Å²) in [5, 5.41) is 0. The molecule has 2 nitrogen and oxygen atoms in total. The Bertz CT molecular complexity index is 2660. The number of fused-ring (bicyclic) bond motifs is 10. The van der Waals surface area contributed by atoms with E-state index in [2.05, 4.69) is 205 Å². The molecule has 3 heterocycles. The fourth-order valence-corrected chi connectivity index (χ4v) is 9.42. The van der Waals surface area contributed by atoms with E-state index in [1.165, 1.54) is 89.5 Å². The minimum absolute atomic E-state index is 0.619. The molecule has 8 aromatic carbocycles. The summed E-state index contributed by atoms with van der Waals surface area (Å²) in [6.07, 6.45) is 0. The van der Waals surface area contributed by atoms with Crippen LogP contribution in [0.5, 0.6) is 0 Å². The Kier molecular flexibility index (Phi) is 6.48. The second kappa shape index (κ2) is 11.4. The number of nitrogens with zero attached hydrogens (tertiary/aromatic N) is 2. The number of anilines is 5. The second-order valence-corrected chi connectivity index (χ2v) is 14.6. The SMILES string of the molecule is Cc1ccc(N2c3ccccc3C3(c4cc(-c5ccccc5)ccc4N4Cc5ccccc5-c5cc(-c6ccccc6)cc3c54)c3ccccc32)cc1. The van der Waals surface area contributed by atoms with Gasteiger partial charge in [-0.15, -0.1) is 0 Å². The van der Waals surface area contributed by atoms with Crippen molar-refractivity contribution in [2.75, 3.05) is 9.80 Å². The molecule has 0 atom stereocenters. The van der Waals surface area contributed by atoms with Crippen molar-refractivity contribution in [3.8, 4) is 33.4 Å².